The molecular weight excluding hydrogens is 226 g/mol. The molecule has 2 fully saturated rings. The maximum Gasteiger partial charge on any atom is 0.154 e. The van der Waals surface area contributed by atoms with Crippen molar-refractivity contribution in [3.05, 3.63) is 0 Å². The molecule has 0 aromatic heterocycles. The fraction of sp³-hybridized carbons (Fsp3) is 1.00. The van der Waals surface area contributed by atoms with E-state index in [0.29, 0.717) is 6.42 Å². The van der Waals surface area contributed by atoms with Crippen molar-refractivity contribution in [2.45, 2.75) is 42.5 Å². The molecule has 1 aliphatic heterocycles. The smallest absolute Gasteiger partial charge is 0.154 e. The van der Waals surface area contributed by atoms with E-state index in [-0.39, 0.29) is 25.1 Å². The molecule has 0 unspecified atom stereocenters. The first-order chi connectivity index (χ1) is 6.53. The topological polar surface area (TPSA) is 118 Å². The molecule has 1 saturated carbocycles. The summed E-state index contributed by atoms with van der Waals surface area (Å²) < 4.78 is 5.37. The summed E-state index contributed by atoms with van der Waals surface area (Å²) in [6, 6.07) is -0.0892. The van der Waals surface area contributed by atoms with E-state index < -0.39 is 30.0 Å². The van der Waals surface area contributed by atoms with Crippen LogP contribution in [0.1, 0.15) is 6.42 Å². The maximum atomic E-state index is 9.67. The maximum absolute atomic E-state index is 9.67. The summed E-state index contributed by atoms with van der Waals surface area (Å²) in [7, 11) is 0. The van der Waals surface area contributed by atoms with Gasteiger partial charge in [0, 0.05) is 6.42 Å². The Bertz CT molecular complexity index is 241. The van der Waals surface area contributed by atoms with Crippen LogP contribution in [0.5, 0.6) is 0 Å². The second-order valence-corrected chi connectivity index (χ2v) is 4.12. The van der Waals surface area contributed by atoms with Crippen LogP contribution >= 0.6 is 0 Å². The third-order valence-corrected chi connectivity index (χ3v) is 3.20. The van der Waals surface area contributed by atoms with Gasteiger partial charge in [0.2, 0.25) is 0 Å². The predicted molar refractivity (Wildman–Crippen MR) is 44.0 cm³/mol. The van der Waals surface area contributed by atoms with Crippen LogP contribution in [0.15, 0.2) is 0 Å². The van der Waals surface area contributed by atoms with Gasteiger partial charge in [-0.1, -0.05) is 0 Å². The second kappa shape index (κ2) is 4.14. The second-order valence-electron chi connectivity index (χ2n) is 4.12. The Balaban J connectivity index is 0.00000112. The molecule has 7 N–H and O–H groups in total. The van der Waals surface area contributed by atoms with E-state index in [1.54, 1.807) is 0 Å². The highest BCUT2D eigenvalue weighted by Gasteiger charge is 2.68. The van der Waals surface area contributed by atoms with Crippen LogP contribution < -0.4 is 18.1 Å². The zero-order valence-corrected chi connectivity index (χ0v) is 8.84. The molecule has 0 aromatic rings. The molecule has 7 heteroatoms. The average molecular weight is 242 g/mol. The highest BCUT2D eigenvalue weighted by molar-refractivity contribution is 5.16. The van der Waals surface area contributed by atoms with Crippen molar-refractivity contribution in [2.24, 2.45) is 0 Å². The molecule has 0 radical (unpaired) electrons. The zero-order chi connectivity index (χ0) is 10.5. The quantitative estimate of drug-likeness (QED) is 0.313. The molecule has 0 aromatic carbocycles. The molecule has 1 heterocycles. The van der Waals surface area contributed by atoms with Crippen molar-refractivity contribution in [2.75, 3.05) is 6.61 Å². The number of aliphatic hydroxyl groups is 4. The third-order valence-electron chi connectivity index (χ3n) is 3.20. The van der Waals surface area contributed by atoms with Gasteiger partial charge in [0.25, 0.3) is 0 Å². The van der Waals surface area contributed by atoms with Gasteiger partial charge in [0.15, 0.2) is 5.60 Å². The number of aliphatic hydroxyl groups excluding tert-OH is 4. The summed E-state index contributed by atoms with van der Waals surface area (Å²) in [5.74, 6) is 0. The predicted octanol–water partition coefficient (Wildman–Crippen LogP) is -6.78. The van der Waals surface area contributed by atoms with E-state index in [1.165, 1.54) is 0 Å². The van der Waals surface area contributed by atoms with Gasteiger partial charge < -0.3 is 43.3 Å². The average Bonchev–Trinajstić information content (AvgIpc) is 2.81. The fourth-order valence-corrected chi connectivity index (χ4v) is 2.10. The number of halogens is 1. The van der Waals surface area contributed by atoms with Gasteiger partial charge >= 0.3 is 0 Å². The molecule has 0 amide bonds. The fourth-order valence-electron chi connectivity index (χ4n) is 2.10. The summed E-state index contributed by atoms with van der Waals surface area (Å²) >= 11 is 0. The van der Waals surface area contributed by atoms with Crippen molar-refractivity contribution in [3.8, 4) is 0 Å². The SMILES string of the molecule is [Cl-].[NH3+][C@@H]1C[C@@]12O[C@H](CO)[C@@H](O)[C@H](O)[C@H]2O. The largest absolute Gasteiger partial charge is 1.00 e. The minimum Gasteiger partial charge on any atom is -1.00 e. The molecule has 90 valence electrons. The Morgan fingerprint density at radius 2 is 1.80 bits per heavy atom. The van der Waals surface area contributed by atoms with Gasteiger partial charge in [-0.3, -0.25) is 0 Å². The van der Waals surface area contributed by atoms with E-state index >= 15 is 0 Å². The Morgan fingerprint density at radius 1 is 1.27 bits per heavy atom. The molecule has 15 heavy (non-hydrogen) atoms. The van der Waals surface area contributed by atoms with Crippen LogP contribution in [-0.4, -0.2) is 63.1 Å². The highest BCUT2D eigenvalue weighted by atomic mass is 35.5. The first-order valence-electron chi connectivity index (χ1n) is 4.69. The standard InChI is InChI=1S/C8H15NO5.ClH/c9-4-1-8(4)7(13)6(12)5(11)3(2-10)14-8;/h3-7,10-13H,1-2,9H2;1H/t3-,4-,5-,6+,7-,8-;/m1./s1. The van der Waals surface area contributed by atoms with E-state index in [9.17, 15) is 15.3 Å². The molecule has 1 saturated heterocycles. The van der Waals surface area contributed by atoms with E-state index in [0.717, 1.165) is 0 Å². The number of quaternary nitrogens is 1. The van der Waals surface area contributed by atoms with Crippen LogP contribution in [-0.2, 0) is 4.74 Å². The van der Waals surface area contributed by atoms with Crippen LogP contribution in [0.3, 0.4) is 0 Å². The Hall–Kier alpha value is 0.0500. The lowest BCUT2D eigenvalue weighted by Crippen LogP contribution is -3.00. The summed E-state index contributed by atoms with van der Waals surface area (Å²) in [4.78, 5) is 0. The van der Waals surface area contributed by atoms with E-state index in [1.807, 2.05) is 0 Å². The van der Waals surface area contributed by atoms with Crippen LogP contribution in [0.25, 0.3) is 0 Å². The van der Waals surface area contributed by atoms with Crippen molar-refractivity contribution < 1.29 is 43.3 Å². The third kappa shape index (κ3) is 1.76. The molecule has 1 spiro atoms. The number of ether oxygens (including phenoxy) is 1. The first-order valence-corrected chi connectivity index (χ1v) is 4.69. The van der Waals surface area contributed by atoms with E-state index in [2.05, 4.69) is 5.73 Å². The van der Waals surface area contributed by atoms with Crippen LogP contribution in [0.2, 0.25) is 0 Å². The van der Waals surface area contributed by atoms with Gasteiger partial charge in [-0.2, -0.15) is 0 Å². The minimum absolute atomic E-state index is 0. The van der Waals surface area contributed by atoms with Gasteiger partial charge in [-0.15, -0.1) is 0 Å². The lowest BCUT2D eigenvalue weighted by molar-refractivity contribution is -0.411. The zero-order valence-electron chi connectivity index (χ0n) is 8.08. The van der Waals surface area contributed by atoms with Crippen molar-refractivity contribution in [3.63, 3.8) is 0 Å². The summed E-state index contributed by atoms with van der Waals surface area (Å²) in [5.41, 5.74) is 2.89. The van der Waals surface area contributed by atoms with Gasteiger partial charge in [0.05, 0.1) is 6.61 Å². The Labute approximate surface area is 93.1 Å². The number of hydrogen-bond acceptors (Lipinski definition) is 5. The van der Waals surface area contributed by atoms with Gasteiger partial charge in [-0.05, 0) is 0 Å². The molecule has 6 nitrogen and oxygen atoms in total. The van der Waals surface area contributed by atoms with E-state index in [4.69, 9.17) is 9.84 Å². The molecule has 2 aliphatic rings. The van der Waals surface area contributed by atoms with Crippen LogP contribution in [0.4, 0.5) is 0 Å². The van der Waals surface area contributed by atoms with Crippen molar-refractivity contribution >= 4 is 0 Å². The van der Waals surface area contributed by atoms with Crippen molar-refractivity contribution in [1.82, 2.24) is 0 Å². The Morgan fingerprint density at radius 3 is 2.20 bits per heavy atom. The first kappa shape index (κ1) is 13.1. The summed E-state index contributed by atoms with van der Waals surface area (Å²) in [6.45, 7) is -0.376. The monoisotopic (exact) mass is 241 g/mol. The molecule has 0 bridgehead atoms. The van der Waals surface area contributed by atoms with Crippen molar-refractivity contribution in [1.29, 1.82) is 0 Å². The molecule has 2 rings (SSSR count). The molecular formula is C8H16ClNO5. The Kier molecular flexibility index (Phi) is 3.62. The molecule has 1 aliphatic carbocycles. The molecule has 6 atom stereocenters. The highest BCUT2D eigenvalue weighted by Crippen LogP contribution is 2.46. The van der Waals surface area contributed by atoms with Gasteiger partial charge in [-0.25, -0.2) is 0 Å². The minimum atomic E-state index is -1.27. The number of rotatable bonds is 1. The lowest BCUT2D eigenvalue weighted by Gasteiger charge is -2.40. The normalized spacial score (nSPS) is 53.8. The number of hydrogen-bond donors (Lipinski definition) is 5. The summed E-state index contributed by atoms with van der Waals surface area (Å²) in [5, 5.41) is 37.5. The van der Waals surface area contributed by atoms with Gasteiger partial charge in [0.1, 0.15) is 30.5 Å². The summed E-state index contributed by atoms with van der Waals surface area (Å²) in [6.07, 6.45) is -3.92. The lowest BCUT2D eigenvalue weighted by atomic mass is 9.93. The van der Waals surface area contributed by atoms with Crippen LogP contribution in [0, 0.1) is 0 Å².